The highest BCUT2D eigenvalue weighted by Gasteiger charge is 2.22. The van der Waals surface area contributed by atoms with Crippen molar-refractivity contribution in [1.82, 2.24) is 15.3 Å². The molecule has 8 heteroatoms. The van der Waals surface area contributed by atoms with Crippen molar-refractivity contribution in [1.29, 1.82) is 0 Å². The number of benzene rings is 3. The van der Waals surface area contributed by atoms with Gasteiger partial charge in [-0.15, -0.1) is 0 Å². The fraction of sp³-hybridized carbons (Fsp3) is 0.0882. The van der Waals surface area contributed by atoms with Crippen LogP contribution < -0.4 is 20.7 Å². The number of methoxy groups -OCH3 is 1. The normalized spacial score (nSPS) is 11.1. The number of carbonyl (C=O) groups excluding carboxylic acids is 1. The summed E-state index contributed by atoms with van der Waals surface area (Å²) in [4.78, 5) is 21.3. The molecule has 0 atom stereocenters. The van der Waals surface area contributed by atoms with E-state index in [1.807, 2.05) is 78.9 Å². The maximum absolute atomic E-state index is 12.3. The SMILES string of the molecule is C=C/C=C(\C=C)NC(=O)Nc1ccc(CCNc2ncnc3oc(-c4ccccc4)c(-c4cccc(OC)c4)c23)cc1. The van der Waals surface area contributed by atoms with Gasteiger partial charge < -0.3 is 25.1 Å². The Morgan fingerprint density at radius 3 is 2.50 bits per heavy atom. The lowest BCUT2D eigenvalue weighted by Crippen LogP contribution is -2.27. The molecule has 0 bridgehead atoms. The molecule has 2 heterocycles. The molecular formula is C34H31N5O3. The molecule has 0 saturated carbocycles. The Labute approximate surface area is 244 Å². The van der Waals surface area contributed by atoms with Gasteiger partial charge in [0.25, 0.3) is 0 Å². The summed E-state index contributed by atoms with van der Waals surface area (Å²) < 4.78 is 11.8. The van der Waals surface area contributed by atoms with Gasteiger partial charge in [-0.05, 0) is 54.0 Å². The number of fused-ring (bicyclic) bond motifs is 1. The predicted molar refractivity (Wildman–Crippen MR) is 168 cm³/mol. The molecule has 0 spiro atoms. The van der Waals surface area contributed by atoms with Gasteiger partial charge in [0, 0.05) is 29.1 Å². The molecule has 8 nitrogen and oxygen atoms in total. The van der Waals surface area contributed by atoms with Crippen LogP contribution in [0.25, 0.3) is 33.6 Å². The number of aromatic nitrogens is 2. The van der Waals surface area contributed by atoms with Gasteiger partial charge in [-0.25, -0.2) is 14.8 Å². The summed E-state index contributed by atoms with van der Waals surface area (Å²) in [6.07, 6.45) is 7.04. The molecule has 0 aliphatic carbocycles. The van der Waals surface area contributed by atoms with E-state index in [0.717, 1.165) is 45.6 Å². The second-order valence-corrected chi connectivity index (χ2v) is 9.32. The first-order valence-corrected chi connectivity index (χ1v) is 13.4. The number of nitrogens with zero attached hydrogens (tertiary/aromatic N) is 2. The van der Waals surface area contributed by atoms with Crippen LogP contribution in [0.2, 0.25) is 0 Å². The fourth-order valence-electron chi connectivity index (χ4n) is 4.58. The number of ether oxygens (including phenoxy) is 1. The van der Waals surface area contributed by atoms with Crippen LogP contribution >= 0.6 is 0 Å². The Morgan fingerprint density at radius 1 is 0.976 bits per heavy atom. The van der Waals surface area contributed by atoms with Gasteiger partial charge in [0.2, 0.25) is 5.71 Å². The van der Waals surface area contributed by atoms with Crippen molar-refractivity contribution in [2.75, 3.05) is 24.3 Å². The fourth-order valence-corrected chi connectivity index (χ4v) is 4.58. The molecule has 5 rings (SSSR count). The summed E-state index contributed by atoms with van der Waals surface area (Å²) in [5.74, 6) is 2.15. The standard InChI is InChI=1S/C34H31N5O3/c1-4-10-26(5-2)38-34(40)39-27-17-15-23(16-18-27)19-20-35-32-30-29(25-13-9-14-28(21-25)41-3)31(24-11-7-6-8-12-24)42-33(30)37-22-36-32/h4-18,21-22H,1-2,19-20H2,3H3,(H,35,36,37)(H2,38,39,40)/b26-10+. The van der Waals surface area contributed by atoms with Crippen LogP contribution in [0.1, 0.15) is 5.56 Å². The molecule has 0 fully saturated rings. The Bertz CT molecular complexity index is 1740. The van der Waals surface area contributed by atoms with E-state index in [1.54, 1.807) is 25.3 Å². The van der Waals surface area contributed by atoms with Crippen molar-refractivity contribution in [3.05, 3.63) is 128 Å². The van der Waals surface area contributed by atoms with E-state index in [0.29, 0.717) is 29.5 Å². The number of allylic oxidation sites excluding steroid dienone is 3. The van der Waals surface area contributed by atoms with Gasteiger partial charge in [0.05, 0.1) is 12.5 Å². The van der Waals surface area contributed by atoms with E-state index in [-0.39, 0.29) is 6.03 Å². The topological polar surface area (TPSA) is 101 Å². The lowest BCUT2D eigenvalue weighted by molar-refractivity contribution is 0.254. The zero-order valence-electron chi connectivity index (χ0n) is 23.3. The number of hydrogen-bond donors (Lipinski definition) is 3. The third-order valence-electron chi connectivity index (χ3n) is 6.58. The van der Waals surface area contributed by atoms with Crippen molar-refractivity contribution in [2.24, 2.45) is 0 Å². The van der Waals surface area contributed by atoms with Crippen LogP contribution in [-0.4, -0.2) is 29.7 Å². The Hall–Kier alpha value is -5.63. The molecule has 42 heavy (non-hydrogen) atoms. The second-order valence-electron chi connectivity index (χ2n) is 9.32. The average Bonchev–Trinajstić information content (AvgIpc) is 3.43. The molecular weight excluding hydrogens is 526 g/mol. The molecule has 0 aliphatic rings. The monoisotopic (exact) mass is 557 g/mol. The van der Waals surface area contributed by atoms with Gasteiger partial charge in [-0.2, -0.15) is 0 Å². The van der Waals surface area contributed by atoms with Crippen LogP contribution in [0.4, 0.5) is 16.3 Å². The van der Waals surface area contributed by atoms with E-state index in [1.165, 1.54) is 6.33 Å². The molecule has 5 aromatic rings. The van der Waals surface area contributed by atoms with Gasteiger partial charge in [0.15, 0.2) is 0 Å². The zero-order chi connectivity index (χ0) is 29.3. The van der Waals surface area contributed by atoms with Crippen LogP contribution in [0.15, 0.2) is 127 Å². The van der Waals surface area contributed by atoms with Crippen molar-refractivity contribution in [2.45, 2.75) is 6.42 Å². The summed E-state index contributed by atoms with van der Waals surface area (Å²) in [6, 6.07) is 25.2. The van der Waals surface area contributed by atoms with Gasteiger partial charge >= 0.3 is 6.03 Å². The minimum Gasteiger partial charge on any atom is -0.497 e. The van der Waals surface area contributed by atoms with E-state index in [2.05, 4.69) is 39.1 Å². The highest BCUT2D eigenvalue weighted by atomic mass is 16.5. The number of furan rings is 1. The van der Waals surface area contributed by atoms with Crippen LogP contribution in [0.5, 0.6) is 5.75 Å². The number of amides is 2. The number of urea groups is 1. The number of anilines is 2. The van der Waals surface area contributed by atoms with E-state index in [9.17, 15) is 4.79 Å². The molecule has 2 amide bonds. The number of hydrogen-bond acceptors (Lipinski definition) is 6. The Morgan fingerprint density at radius 2 is 1.76 bits per heavy atom. The number of nitrogens with one attached hydrogen (secondary N) is 3. The van der Waals surface area contributed by atoms with Crippen LogP contribution in [-0.2, 0) is 6.42 Å². The van der Waals surface area contributed by atoms with Crippen LogP contribution in [0.3, 0.4) is 0 Å². The summed E-state index contributed by atoms with van der Waals surface area (Å²) in [6.45, 7) is 7.93. The van der Waals surface area contributed by atoms with Crippen molar-refractivity contribution in [3.63, 3.8) is 0 Å². The van der Waals surface area contributed by atoms with Crippen molar-refractivity contribution in [3.8, 4) is 28.2 Å². The maximum atomic E-state index is 12.3. The largest absolute Gasteiger partial charge is 0.497 e. The molecule has 0 radical (unpaired) electrons. The minimum atomic E-state index is -0.355. The van der Waals surface area contributed by atoms with Crippen molar-refractivity contribution < 1.29 is 13.9 Å². The first-order chi connectivity index (χ1) is 20.6. The molecule has 2 aromatic heterocycles. The summed E-state index contributed by atoms with van der Waals surface area (Å²) in [5.41, 5.74) is 5.62. The third-order valence-corrected chi connectivity index (χ3v) is 6.58. The first kappa shape index (κ1) is 27.9. The molecule has 0 aliphatic heterocycles. The Balaban J connectivity index is 1.35. The van der Waals surface area contributed by atoms with E-state index < -0.39 is 0 Å². The van der Waals surface area contributed by atoms with Gasteiger partial charge in [-0.3, -0.25) is 0 Å². The summed E-state index contributed by atoms with van der Waals surface area (Å²) in [5, 5.41) is 9.82. The first-order valence-electron chi connectivity index (χ1n) is 13.4. The van der Waals surface area contributed by atoms with E-state index >= 15 is 0 Å². The molecule has 3 N–H and O–H groups in total. The molecule has 3 aromatic carbocycles. The average molecular weight is 558 g/mol. The van der Waals surface area contributed by atoms with Gasteiger partial charge in [0.1, 0.15) is 23.7 Å². The highest BCUT2D eigenvalue weighted by molar-refractivity contribution is 6.06. The lowest BCUT2D eigenvalue weighted by atomic mass is 9.99. The predicted octanol–water partition coefficient (Wildman–Crippen LogP) is 7.60. The van der Waals surface area contributed by atoms with Crippen molar-refractivity contribution >= 4 is 28.6 Å². The quantitative estimate of drug-likeness (QED) is 0.145. The maximum Gasteiger partial charge on any atom is 0.323 e. The minimum absolute atomic E-state index is 0.355. The lowest BCUT2D eigenvalue weighted by Gasteiger charge is -2.10. The number of carbonyl (C=O) groups is 1. The summed E-state index contributed by atoms with van der Waals surface area (Å²) >= 11 is 0. The molecule has 0 saturated heterocycles. The van der Waals surface area contributed by atoms with Crippen LogP contribution in [0, 0.1) is 0 Å². The highest BCUT2D eigenvalue weighted by Crippen LogP contribution is 2.43. The second kappa shape index (κ2) is 13.1. The van der Waals surface area contributed by atoms with E-state index in [4.69, 9.17) is 9.15 Å². The molecule has 0 unspecified atom stereocenters. The Kier molecular flexibility index (Phi) is 8.74. The van der Waals surface area contributed by atoms with Gasteiger partial charge in [-0.1, -0.05) is 73.8 Å². The molecule has 210 valence electrons. The number of rotatable bonds is 11. The summed E-state index contributed by atoms with van der Waals surface area (Å²) in [7, 11) is 1.65. The third kappa shape index (κ3) is 6.39. The zero-order valence-corrected chi connectivity index (χ0v) is 23.3. The smallest absolute Gasteiger partial charge is 0.323 e.